The molecule has 2 heteroatoms. The Labute approximate surface area is 117 Å². The predicted molar refractivity (Wildman–Crippen MR) is 80.3 cm³/mol. The van der Waals surface area contributed by atoms with Gasteiger partial charge in [-0.2, -0.15) is 0 Å². The second-order valence-electron chi connectivity index (χ2n) is 5.27. The van der Waals surface area contributed by atoms with Crippen molar-refractivity contribution >= 4 is 0 Å². The first kappa shape index (κ1) is 16.2. The molecule has 1 aromatic carbocycles. The lowest BCUT2D eigenvalue weighted by atomic mass is 10.1. The topological polar surface area (TPSA) is 29.5 Å². The molecule has 108 valence electrons. The van der Waals surface area contributed by atoms with Gasteiger partial charge in [0.1, 0.15) is 6.10 Å². The van der Waals surface area contributed by atoms with Gasteiger partial charge in [-0.15, -0.1) is 0 Å². The quantitative estimate of drug-likeness (QED) is 0.634. The van der Waals surface area contributed by atoms with Crippen LogP contribution in [0.4, 0.5) is 0 Å². The lowest BCUT2D eigenvalue weighted by Gasteiger charge is -2.12. The summed E-state index contributed by atoms with van der Waals surface area (Å²) < 4.78 is 5.54. The molecule has 0 amide bonds. The van der Waals surface area contributed by atoms with E-state index in [1.807, 2.05) is 31.2 Å². The van der Waals surface area contributed by atoms with E-state index < -0.39 is 6.10 Å². The Morgan fingerprint density at radius 3 is 2.32 bits per heavy atom. The van der Waals surface area contributed by atoms with Crippen LogP contribution in [0.5, 0.6) is 0 Å². The molecular formula is C17H28O2. The minimum Gasteiger partial charge on any atom is -0.386 e. The van der Waals surface area contributed by atoms with Crippen molar-refractivity contribution in [2.24, 2.45) is 0 Å². The molecule has 0 aliphatic rings. The highest BCUT2D eigenvalue weighted by molar-refractivity contribution is 5.23. The van der Waals surface area contributed by atoms with E-state index in [2.05, 4.69) is 6.92 Å². The molecule has 0 aromatic heterocycles. The van der Waals surface area contributed by atoms with Crippen LogP contribution in [-0.4, -0.2) is 18.3 Å². The number of rotatable bonds is 10. The van der Waals surface area contributed by atoms with Crippen molar-refractivity contribution in [3.63, 3.8) is 0 Å². The first-order chi connectivity index (χ1) is 9.24. The van der Waals surface area contributed by atoms with Crippen LogP contribution in [-0.2, 0) is 4.74 Å². The zero-order valence-electron chi connectivity index (χ0n) is 12.4. The highest BCUT2D eigenvalue weighted by Gasteiger charge is 2.06. The number of ether oxygens (including phenoxy) is 1. The zero-order chi connectivity index (χ0) is 13.9. The third kappa shape index (κ3) is 7.34. The highest BCUT2D eigenvalue weighted by Crippen LogP contribution is 2.14. The van der Waals surface area contributed by atoms with Crippen molar-refractivity contribution in [1.82, 2.24) is 0 Å². The average Bonchev–Trinajstić information content (AvgIpc) is 2.42. The van der Waals surface area contributed by atoms with Gasteiger partial charge in [0.25, 0.3) is 0 Å². The van der Waals surface area contributed by atoms with Gasteiger partial charge >= 0.3 is 0 Å². The summed E-state index contributed by atoms with van der Waals surface area (Å²) in [5.74, 6) is 0. The van der Waals surface area contributed by atoms with Crippen LogP contribution in [0.25, 0.3) is 0 Å². The van der Waals surface area contributed by atoms with Crippen LogP contribution < -0.4 is 0 Å². The van der Waals surface area contributed by atoms with Crippen molar-refractivity contribution in [3.05, 3.63) is 35.4 Å². The summed E-state index contributed by atoms with van der Waals surface area (Å²) in [5, 5.41) is 9.96. The van der Waals surface area contributed by atoms with E-state index in [1.54, 1.807) is 0 Å². The highest BCUT2D eigenvalue weighted by atomic mass is 16.5. The second-order valence-corrected chi connectivity index (χ2v) is 5.27. The van der Waals surface area contributed by atoms with E-state index in [0.717, 1.165) is 18.6 Å². The Morgan fingerprint density at radius 1 is 1.00 bits per heavy atom. The molecule has 0 aliphatic heterocycles. The van der Waals surface area contributed by atoms with Crippen LogP contribution >= 0.6 is 0 Å². The molecule has 0 saturated carbocycles. The fourth-order valence-electron chi connectivity index (χ4n) is 2.06. The molecule has 2 nitrogen and oxygen atoms in total. The van der Waals surface area contributed by atoms with E-state index >= 15 is 0 Å². The van der Waals surface area contributed by atoms with Crippen LogP contribution in [0.15, 0.2) is 24.3 Å². The third-order valence-corrected chi connectivity index (χ3v) is 3.38. The van der Waals surface area contributed by atoms with Crippen LogP contribution in [0.2, 0.25) is 0 Å². The van der Waals surface area contributed by atoms with Gasteiger partial charge < -0.3 is 9.84 Å². The van der Waals surface area contributed by atoms with Gasteiger partial charge in [0.2, 0.25) is 0 Å². The summed E-state index contributed by atoms with van der Waals surface area (Å²) in [5.41, 5.74) is 2.15. The maximum Gasteiger partial charge on any atom is 0.102 e. The predicted octanol–water partition coefficient (Wildman–Crippen LogP) is 4.41. The molecule has 1 atom stereocenters. The summed E-state index contributed by atoms with van der Waals surface area (Å²) in [7, 11) is 0. The minimum absolute atomic E-state index is 0.401. The minimum atomic E-state index is -0.499. The van der Waals surface area contributed by atoms with Gasteiger partial charge in [-0.3, -0.25) is 0 Å². The van der Waals surface area contributed by atoms with Gasteiger partial charge in [-0.25, -0.2) is 0 Å². The molecule has 0 radical (unpaired) electrons. The molecule has 0 bridgehead atoms. The number of aliphatic hydroxyl groups is 1. The van der Waals surface area contributed by atoms with Crippen LogP contribution in [0.1, 0.15) is 62.7 Å². The Morgan fingerprint density at radius 2 is 1.63 bits per heavy atom. The Kier molecular flexibility index (Phi) is 8.52. The first-order valence-electron chi connectivity index (χ1n) is 7.56. The van der Waals surface area contributed by atoms with Crippen molar-refractivity contribution in [3.8, 4) is 0 Å². The van der Waals surface area contributed by atoms with Crippen LogP contribution in [0, 0.1) is 6.92 Å². The lowest BCUT2D eigenvalue weighted by Crippen LogP contribution is -2.08. The Bertz CT molecular complexity index is 319. The number of unbranched alkanes of at least 4 members (excludes halogenated alkanes) is 5. The second kappa shape index (κ2) is 9.99. The number of hydrogen-bond acceptors (Lipinski definition) is 2. The van der Waals surface area contributed by atoms with E-state index in [0.29, 0.717) is 6.61 Å². The monoisotopic (exact) mass is 264 g/mol. The molecule has 0 spiro atoms. The molecule has 0 aliphatic carbocycles. The van der Waals surface area contributed by atoms with E-state index in [-0.39, 0.29) is 0 Å². The van der Waals surface area contributed by atoms with E-state index in [1.165, 1.54) is 37.7 Å². The van der Waals surface area contributed by atoms with Crippen LogP contribution in [0.3, 0.4) is 0 Å². The maximum absolute atomic E-state index is 9.96. The normalized spacial score (nSPS) is 12.6. The number of benzene rings is 1. The molecule has 1 N–H and O–H groups in total. The summed E-state index contributed by atoms with van der Waals surface area (Å²) in [6.45, 7) is 5.44. The Hall–Kier alpha value is -0.860. The first-order valence-corrected chi connectivity index (χ1v) is 7.56. The van der Waals surface area contributed by atoms with Crippen molar-refractivity contribution in [1.29, 1.82) is 0 Å². The molecule has 1 unspecified atom stereocenters. The fraction of sp³-hybridized carbons (Fsp3) is 0.647. The largest absolute Gasteiger partial charge is 0.386 e. The van der Waals surface area contributed by atoms with E-state index in [4.69, 9.17) is 4.74 Å². The molecule has 0 heterocycles. The number of hydrogen-bond donors (Lipinski definition) is 1. The van der Waals surface area contributed by atoms with Gasteiger partial charge in [-0.1, -0.05) is 68.9 Å². The summed E-state index contributed by atoms with van der Waals surface area (Å²) in [6, 6.07) is 7.97. The smallest absolute Gasteiger partial charge is 0.102 e. The van der Waals surface area contributed by atoms with Gasteiger partial charge in [0.05, 0.1) is 6.61 Å². The molecule has 19 heavy (non-hydrogen) atoms. The maximum atomic E-state index is 9.96. The summed E-state index contributed by atoms with van der Waals surface area (Å²) >= 11 is 0. The summed E-state index contributed by atoms with van der Waals surface area (Å²) in [4.78, 5) is 0. The van der Waals surface area contributed by atoms with Gasteiger partial charge in [0, 0.05) is 6.61 Å². The fourth-order valence-corrected chi connectivity index (χ4v) is 2.06. The lowest BCUT2D eigenvalue weighted by molar-refractivity contribution is 0.0344. The molecular weight excluding hydrogens is 236 g/mol. The molecule has 1 aromatic rings. The average molecular weight is 264 g/mol. The number of aryl methyl sites for hydroxylation is 1. The summed E-state index contributed by atoms with van der Waals surface area (Å²) in [6.07, 6.45) is 7.11. The Balaban J connectivity index is 2.04. The van der Waals surface area contributed by atoms with Gasteiger partial charge in [0.15, 0.2) is 0 Å². The van der Waals surface area contributed by atoms with Crippen molar-refractivity contribution in [2.75, 3.05) is 13.2 Å². The number of aliphatic hydroxyl groups excluding tert-OH is 1. The van der Waals surface area contributed by atoms with Crippen molar-refractivity contribution < 1.29 is 9.84 Å². The van der Waals surface area contributed by atoms with Crippen molar-refractivity contribution in [2.45, 2.75) is 58.5 Å². The SMILES string of the molecule is CCCCCCCCOCC(O)c1ccc(C)cc1. The standard InChI is InChI=1S/C17H28O2/c1-3-4-5-6-7-8-13-19-14-17(18)16-11-9-15(2)10-12-16/h9-12,17-18H,3-8,13-14H2,1-2H3. The third-order valence-electron chi connectivity index (χ3n) is 3.38. The van der Waals surface area contributed by atoms with E-state index in [9.17, 15) is 5.11 Å². The molecule has 0 saturated heterocycles. The molecule has 0 fully saturated rings. The van der Waals surface area contributed by atoms with Gasteiger partial charge in [-0.05, 0) is 18.9 Å². The molecule has 1 rings (SSSR count). The zero-order valence-corrected chi connectivity index (χ0v) is 12.4.